The van der Waals surface area contributed by atoms with E-state index in [2.05, 4.69) is 0 Å². The molecule has 0 spiro atoms. The summed E-state index contributed by atoms with van der Waals surface area (Å²) in [6.45, 7) is 2.48. The van der Waals surface area contributed by atoms with Crippen LogP contribution in [-0.2, 0) is 4.79 Å². The Kier molecular flexibility index (Phi) is 4.33. The summed E-state index contributed by atoms with van der Waals surface area (Å²) in [7, 11) is 0. The Morgan fingerprint density at radius 3 is 2.67 bits per heavy atom. The first-order valence-electron chi connectivity index (χ1n) is 5.23. The number of likely N-dealkylation sites (N-methyl/N-ethyl adjacent to an activating group) is 1. The number of hydrogen-bond donors (Lipinski definition) is 0. The zero-order chi connectivity index (χ0) is 13.3. The number of carbonyl (C=O) groups is 1. The molecule has 0 aliphatic carbocycles. The van der Waals surface area contributed by atoms with Crippen molar-refractivity contribution in [3.63, 3.8) is 0 Å². The lowest BCUT2D eigenvalue weighted by Crippen LogP contribution is -2.27. The van der Waals surface area contributed by atoms with Gasteiger partial charge in [0, 0.05) is 6.54 Å². The van der Waals surface area contributed by atoms with Crippen molar-refractivity contribution in [3.05, 3.63) is 38.7 Å². The maximum Gasteiger partial charge on any atom is 0.266 e. The van der Waals surface area contributed by atoms with Gasteiger partial charge < -0.3 is 0 Å². The summed E-state index contributed by atoms with van der Waals surface area (Å²) >= 11 is 18.2. The number of carbonyl (C=O) groups excluding carboxylic acids is 1. The van der Waals surface area contributed by atoms with Gasteiger partial charge in [-0.3, -0.25) is 9.69 Å². The number of amides is 1. The number of thiocarbonyl (C=S) groups is 1. The minimum absolute atomic E-state index is 0.0569. The fourth-order valence-corrected chi connectivity index (χ4v) is 3.22. The molecular formula is C12H9Cl2NOS2. The van der Waals surface area contributed by atoms with Gasteiger partial charge in [-0.25, -0.2) is 0 Å². The summed E-state index contributed by atoms with van der Waals surface area (Å²) in [5.74, 6) is -0.0569. The van der Waals surface area contributed by atoms with Crippen molar-refractivity contribution >= 4 is 63.5 Å². The van der Waals surface area contributed by atoms with Crippen LogP contribution in [0.5, 0.6) is 0 Å². The molecule has 18 heavy (non-hydrogen) atoms. The molecular weight excluding hydrogens is 309 g/mol. The molecule has 0 bridgehead atoms. The van der Waals surface area contributed by atoms with Crippen molar-refractivity contribution in [2.24, 2.45) is 0 Å². The summed E-state index contributed by atoms with van der Waals surface area (Å²) in [5.41, 5.74) is 0.834. The molecule has 6 heteroatoms. The second-order valence-electron chi connectivity index (χ2n) is 3.60. The van der Waals surface area contributed by atoms with Crippen molar-refractivity contribution in [2.45, 2.75) is 6.92 Å². The van der Waals surface area contributed by atoms with Crippen LogP contribution in [0.25, 0.3) is 6.08 Å². The zero-order valence-corrected chi connectivity index (χ0v) is 12.6. The Morgan fingerprint density at radius 1 is 1.39 bits per heavy atom. The summed E-state index contributed by atoms with van der Waals surface area (Å²) in [5, 5.41) is 0.964. The van der Waals surface area contributed by atoms with Crippen LogP contribution in [0.4, 0.5) is 0 Å². The van der Waals surface area contributed by atoms with Gasteiger partial charge in [0.25, 0.3) is 5.91 Å². The number of benzene rings is 1. The first kappa shape index (κ1) is 13.9. The molecule has 1 amide bonds. The van der Waals surface area contributed by atoms with Crippen molar-refractivity contribution in [2.75, 3.05) is 6.54 Å². The molecule has 0 saturated carbocycles. The number of nitrogens with zero attached hydrogens (tertiary/aromatic N) is 1. The third kappa shape index (κ3) is 2.72. The third-order valence-electron chi connectivity index (χ3n) is 2.43. The normalized spacial score (nSPS) is 17.9. The van der Waals surface area contributed by atoms with Gasteiger partial charge in [0.2, 0.25) is 0 Å². The summed E-state index contributed by atoms with van der Waals surface area (Å²) in [4.78, 5) is 14.2. The van der Waals surface area contributed by atoms with E-state index in [1.807, 2.05) is 13.0 Å². The smallest absolute Gasteiger partial charge is 0.266 e. The van der Waals surface area contributed by atoms with Crippen LogP contribution in [0.3, 0.4) is 0 Å². The van der Waals surface area contributed by atoms with Crippen molar-refractivity contribution in [3.8, 4) is 0 Å². The molecule has 1 aromatic carbocycles. The average molecular weight is 318 g/mol. The minimum atomic E-state index is -0.0569. The van der Waals surface area contributed by atoms with Crippen LogP contribution < -0.4 is 0 Å². The Balaban J connectivity index is 2.32. The van der Waals surface area contributed by atoms with Crippen molar-refractivity contribution < 1.29 is 4.79 Å². The summed E-state index contributed by atoms with van der Waals surface area (Å²) in [6.07, 6.45) is 1.77. The topological polar surface area (TPSA) is 20.3 Å². The van der Waals surface area contributed by atoms with Gasteiger partial charge in [0.15, 0.2) is 0 Å². The van der Waals surface area contributed by atoms with Crippen molar-refractivity contribution in [1.82, 2.24) is 4.90 Å². The molecule has 94 valence electrons. The van der Waals surface area contributed by atoms with Crippen LogP contribution in [0, 0.1) is 0 Å². The molecule has 0 aromatic heterocycles. The molecule has 0 radical (unpaired) electrons. The maximum atomic E-state index is 12.0. The lowest BCUT2D eigenvalue weighted by atomic mass is 10.2. The highest BCUT2D eigenvalue weighted by Crippen LogP contribution is 2.33. The average Bonchev–Trinajstić information content (AvgIpc) is 2.59. The second-order valence-corrected chi connectivity index (χ2v) is 6.09. The molecule has 2 rings (SSSR count). The van der Waals surface area contributed by atoms with E-state index in [-0.39, 0.29) is 5.91 Å². The van der Waals surface area contributed by atoms with E-state index in [1.165, 1.54) is 11.8 Å². The van der Waals surface area contributed by atoms with Crippen LogP contribution in [-0.4, -0.2) is 21.7 Å². The van der Waals surface area contributed by atoms with Gasteiger partial charge in [-0.15, -0.1) is 0 Å². The van der Waals surface area contributed by atoms with Crippen LogP contribution >= 0.6 is 47.2 Å². The Hall–Kier alpha value is -0.550. The van der Waals surface area contributed by atoms with Crippen LogP contribution in [0.2, 0.25) is 10.0 Å². The third-order valence-corrected chi connectivity index (χ3v) is 4.55. The molecule has 1 aliphatic rings. The highest BCUT2D eigenvalue weighted by Gasteiger charge is 2.30. The molecule has 1 aromatic rings. The second kappa shape index (κ2) is 5.61. The highest BCUT2D eigenvalue weighted by atomic mass is 35.5. The van der Waals surface area contributed by atoms with Gasteiger partial charge in [0.05, 0.1) is 15.0 Å². The predicted molar refractivity (Wildman–Crippen MR) is 82.0 cm³/mol. The fourth-order valence-electron chi connectivity index (χ4n) is 1.53. The maximum absolute atomic E-state index is 12.0. The summed E-state index contributed by atoms with van der Waals surface area (Å²) in [6, 6.07) is 5.24. The SMILES string of the molecule is CCN1C(=O)/C(=C\c2ccc(Cl)c(Cl)c2)SC1=S. The molecule has 0 unspecified atom stereocenters. The number of rotatable bonds is 2. The first-order chi connectivity index (χ1) is 8.52. The molecule has 1 saturated heterocycles. The van der Waals surface area contributed by atoms with Gasteiger partial charge in [0.1, 0.15) is 4.32 Å². The van der Waals surface area contributed by atoms with Gasteiger partial charge >= 0.3 is 0 Å². The van der Waals surface area contributed by atoms with Gasteiger partial charge in [-0.05, 0) is 30.7 Å². The van der Waals surface area contributed by atoms with E-state index in [9.17, 15) is 4.79 Å². The lowest BCUT2D eigenvalue weighted by Gasteiger charge is -2.09. The molecule has 1 aliphatic heterocycles. The van der Waals surface area contributed by atoms with E-state index in [4.69, 9.17) is 35.4 Å². The molecule has 2 nitrogen and oxygen atoms in total. The Labute approximate surface area is 125 Å². The summed E-state index contributed by atoms with van der Waals surface area (Å²) < 4.78 is 0.591. The first-order valence-corrected chi connectivity index (χ1v) is 7.21. The standard InChI is InChI=1S/C12H9Cl2NOS2/c1-2-15-11(16)10(18-12(15)17)6-7-3-4-8(13)9(14)5-7/h3-6H,2H2,1H3/b10-6+. The predicted octanol–water partition coefficient (Wildman–Crippen LogP) is 4.21. The molecule has 0 atom stereocenters. The monoisotopic (exact) mass is 317 g/mol. The van der Waals surface area contributed by atoms with E-state index >= 15 is 0 Å². The van der Waals surface area contributed by atoms with Gasteiger partial charge in [-0.1, -0.05) is 53.2 Å². The number of halogens is 2. The zero-order valence-electron chi connectivity index (χ0n) is 9.44. The fraction of sp³-hybridized carbons (Fsp3) is 0.167. The molecule has 0 N–H and O–H groups in total. The Morgan fingerprint density at radius 2 is 2.11 bits per heavy atom. The van der Waals surface area contributed by atoms with E-state index in [1.54, 1.807) is 23.1 Å². The number of thioether (sulfide) groups is 1. The molecule has 1 fully saturated rings. The van der Waals surface area contributed by atoms with E-state index in [0.29, 0.717) is 25.8 Å². The Bertz CT molecular complexity index is 557. The lowest BCUT2D eigenvalue weighted by molar-refractivity contribution is -0.121. The quantitative estimate of drug-likeness (QED) is 0.602. The highest BCUT2D eigenvalue weighted by molar-refractivity contribution is 8.26. The van der Waals surface area contributed by atoms with E-state index < -0.39 is 0 Å². The van der Waals surface area contributed by atoms with Crippen LogP contribution in [0.15, 0.2) is 23.1 Å². The van der Waals surface area contributed by atoms with E-state index in [0.717, 1.165) is 5.56 Å². The largest absolute Gasteiger partial charge is 0.293 e. The van der Waals surface area contributed by atoms with Gasteiger partial charge in [-0.2, -0.15) is 0 Å². The minimum Gasteiger partial charge on any atom is -0.293 e. The van der Waals surface area contributed by atoms with Crippen LogP contribution in [0.1, 0.15) is 12.5 Å². The number of hydrogen-bond acceptors (Lipinski definition) is 3. The van der Waals surface area contributed by atoms with Crippen molar-refractivity contribution in [1.29, 1.82) is 0 Å². The molecule has 1 heterocycles.